The molecule has 0 saturated carbocycles. The van der Waals surface area contributed by atoms with Gasteiger partial charge >= 0.3 is 29.8 Å². The summed E-state index contributed by atoms with van der Waals surface area (Å²) in [6, 6.07) is 17.7. The van der Waals surface area contributed by atoms with Crippen molar-refractivity contribution in [2.75, 3.05) is 32.8 Å². The molecule has 1 saturated heterocycles. The van der Waals surface area contributed by atoms with Gasteiger partial charge in [0.2, 0.25) is 11.8 Å². The van der Waals surface area contributed by atoms with E-state index in [4.69, 9.17) is 23.7 Å². The minimum atomic E-state index is -1.13. The fraction of sp³-hybridized carbons (Fsp3) is 0.333. The van der Waals surface area contributed by atoms with Crippen LogP contribution in [0.3, 0.4) is 0 Å². The van der Waals surface area contributed by atoms with E-state index in [9.17, 15) is 38.4 Å². The van der Waals surface area contributed by atoms with Gasteiger partial charge in [-0.15, -0.1) is 0 Å². The molecular weight excluding hydrogens is 768 g/mol. The molecule has 1 aliphatic rings. The molecule has 282 valence electrons. The summed E-state index contributed by atoms with van der Waals surface area (Å²) in [6.45, 7) is -2.69. The molecule has 5 N–H and O–H groups in total. The minimum absolute atomic E-state index is 0.00480. The number of hydrogen-bond donors (Lipinski definition) is 5. The first-order valence-electron chi connectivity index (χ1n) is 15.9. The van der Waals surface area contributed by atoms with Gasteiger partial charge in [-0.2, -0.15) is 0 Å². The third kappa shape index (κ3) is 13.6. The zero-order chi connectivity index (χ0) is 38.2. The quantitative estimate of drug-likeness (QED) is 0.0955. The van der Waals surface area contributed by atoms with Crippen LogP contribution in [0.2, 0.25) is 0 Å². The van der Waals surface area contributed by atoms with E-state index in [1.807, 2.05) is 6.07 Å². The Labute approximate surface area is 308 Å². The summed E-state index contributed by atoms with van der Waals surface area (Å²) in [6.07, 6.45) is -3.96. The number of nitrogens with zero attached hydrogens (tertiary/aromatic N) is 1. The molecule has 1 aliphatic heterocycles. The molecule has 0 unspecified atom stereocenters. The average molecular weight is 804 g/mol. The molecule has 0 bridgehead atoms. The smallest absolute Gasteiger partial charge is 0.407 e. The van der Waals surface area contributed by atoms with Crippen LogP contribution in [-0.2, 0) is 56.1 Å². The highest BCUT2D eigenvalue weighted by Gasteiger charge is 2.40. The van der Waals surface area contributed by atoms with Crippen molar-refractivity contribution >= 4 is 51.9 Å². The van der Waals surface area contributed by atoms with Gasteiger partial charge in [0.1, 0.15) is 64.4 Å². The van der Waals surface area contributed by atoms with Gasteiger partial charge in [-0.25, -0.2) is 14.4 Å². The molecule has 20 heteroatoms. The molecule has 0 aliphatic carbocycles. The van der Waals surface area contributed by atoms with Crippen molar-refractivity contribution in [3.8, 4) is 0 Å². The number of halogens is 1. The highest BCUT2D eigenvalue weighted by Crippen LogP contribution is 2.30. The summed E-state index contributed by atoms with van der Waals surface area (Å²) < 4.78 is 27.6. The second kappa shape index (κ2) is 20.1. The van der Waals surface area contributed by atoms with Crippen LogP contribution >= 0.6 is 15.9 Å². The predicted octanol–water partition coefficient (Wildman–Crippen LogP) is 0.127. The lowest BCUT2D eigenvalue weighted by atomic mass is 10.2. The van der Waals surface area contributed by atoms with E-state index < -0.39 is 98.4 Å². The lowest BCUT2D eigenvalue weighted by Gasteiger charge is -2.19. The summed E-state index contributed by atoms with van der Waals surface area (Å²) in [5.41, 5.74) is -0.0190. The molecule has 3 atom stereocenters. The number of rotatable bonds is 16. The predicted molar refractivity (Wildman–Crippen MR) is 184 cm³/mol. The second-order valence-electron chi connectivity index (χ2n) is 11.1. The van der Waals surface area contributed by atoms with Gasteiger partial charge in [0.25, 0.3) is 5.56 Å². The van der Waals surface area contributed by atoms with Gasteiger partial charge in [-0.1, -0.05) is 60.7 Å². The number of ether oxygens (including phenoxy) is 5. The van der Waals surface area contributed by atoms with Crippen LogP contribution in [0.4, 0.5) is 9.59 Å². The van der Waals surface area contributed by atoms with Crippen LogP contribution in [0.25, 0.3) is 0 Å². The number of carbonyl (C=O) groups is 6. The number of hydrogen-bond acceptors (Lipinski definition) is 13. The first kappa shape index (κ1) is 39.8. The number of amides is 4. The Morgan fingerprint density at radius 2 is 1.26 bits per heavy atom. The number of aromatic amines is 1. The Balaban J connectivity index is 1.22. The molecule has 0 radical (unpaired) electrons. The molecule has 1 aromatic heterocycles. The zero-order valence-electron chi connectivity index (χ0n) is 27.9. The maximum atomic E-state index is 12.7. The summed E-state index contributed by atoms with van der Waals surface area (Å²) >= 11 is 3.04. The minimum Gasteiger partial charge on any atom is -0.461 e. The summed E-state index contributed by atoms with van der Waals surface area (Å²) in [5, 5.41) is 9.07. The Kier molecular flexibility index (Phi) is 15.1. The third-order valence-corrected chi connectivity index (χ3v) is 7.74. The van der Waals surface area contributed by atoms with Crippen LogP contribution in [0.1, 0.15) is 23.8 Å². The fourth-order valence-corrected chi connectivity index (χ4v) is 4.90. The largest absolute Gasteiger partial charge is 0.461 e. The van der Waals surface area contributed by atoms with Crippen LogP contribution in [0.5, 0.6) is 0 Å². The number of benzene rings is 2. The number of esters is 2. The van der Waals surface area contributed by atoms with Crippen molar-refractivity contribution < 1.29 is 52.5 Å². The zero-order valence-corrected chi connectivity index (χ0v) is 29.5. The highest BCUT2D eigenvalue weighted by molar-refractivity contribution is 9.10. The number of carbonyl (C=O) groups excluding carboxylic acids is 6. The lowest BCUT2D eigenvalue weighted by molar-refractivity contribution is -0.158. The van der Waals surface area contributed by atoms with Crippen LogP contribution in [-0.4, -0.2) is 90.5 Å². The van der Waals surface area contributed by atoms with Gasteiger partial charge < -0.3 is 45.0 Å². The van der Waals surface area contributed by atoms with Crippen molar-refractivity contribution in [3.63, 3.8) is 0 Å². The molecule has 4 rings (SSSR count). The average Bonchev–Trinajstić information content (AvgIpc) is 3.55. The molecule has 1 fully saturated rings. The lowest BCUT2D eigenvalue weighted by Crippen LogP contribution is -2.41. The van der Waals surface area contributed by atoms with E-state index in [-0.39, 0.29) is 24.1 Å². The van der Waals surface area contributed by atoms with Gasteiger partial charge in [0.05, 0.1) is 4.47 Å². The Hall–Kier alpha value is -6.02. The van der Waals surface area contributed by atoms with Crippen molar-refractivity contribution in [1.29, 1.82) is 0 Å². The van der Waals surface area contributed by atoms with Crippen LogP contribution in [0.15, 0.2) is 80.9 Å². The SMILES string of the molecule is O=C(CNC(=O)OCc1ccccc1)NCC(=O)OC[C@H]1O[C@@H](n2cc(Br)c(=O)[nH]c2=O)C[C@@H]1OC(=O)CNC(=O)CNC(=O)OCc1ccccc1. The number of H-pyrrole nitrogens is 1. The summed E-state index contributed by atoms with van der Waals surface area (Å²) in [7, 11) is 0. The van der Waals surface area contributed by atoms with Gasteiger partial charge in [-0.05, 0) is 27.1 Å². The Bertz CT molecular complexity index is 1870. The monoisotopic (exact) mass is 802 g/mol. The van der Waals surface area contributed by atoms with Gasteiger partial charge in [0.15, 0.2) is 0 Å². The van der Waals surface area contributed by atoms with E-state index in [0.717, 1.165) is 15.7 Å². The van der Waals surface area contributed by atoms with E-state index in [1.165, 1.54) is 6.20 Å². The number of nitrogens with one attached hydrogen (secondary N) is 5. The molecule has 2 heterocycles. The first-order valence-corrected chi connectivity index (χ1v) is 16.7. The van der Waals surface area contributed by atoms with Crippen molar-refractivity contribution in [2.45, 2.75) is 38.1 Å². The van der Waals surface area contributed by atoms with E-state index in [2.05, 4.69) is 42.2 Å². The van der Waals surface area contributed by atoms with Crippen LogP contribution in [0, 0.1) is 0 Å². The normalized spacial score (nSPS) is 16.1. The van der Waals surface area contributed by atoms with Gasteiger partial charge in [0, 0.05) is 12.6 Å². The van der Waals surface area contributed by atoms with Crippen molar-refractivity contribution in [2.24, 2.45) is 0 Å². The molecule has 2 aromatic carbocycles. The molecule has 4 amide bonds. The van der Waals surface area contributed by atoms with E-state index in [1.54, 1.807) is 54.6 Å². The van der Waals surface area contributed by atoms with Crippen molar-refractivity contribution in [1.82, 2.24) is 30.8 Å². The molecule has 53 heavy (non-hydrogen) atoms. The topological polar surface area (TPSA) is 252 Å². The Morgan fingerprint density at radius 1 is 0.736 bits per heavy atom. The first-order chi connectivity index (χ1) is 25.5. The standard InChI is InChI=1S/C33H35BrN6O13/c34-22-16-40(31(46)39-30(22)45)27-11-23(53-29(44)15-36-26(42)13-38-33(48)51-18-21-9-5-2-6-10-21)24(52-27)19-49-28(43)14-35-25(41)12-37-32(47)50-17-20-7-3-1-4-8-20/h1-10,16,23-24,27H,11-15,17-19H2,(H,35,41)(H,36,42)(H,37,47)(H,38,48)(H,39,45,46)/t23-,24+,27+/m0/s1. The summed E-state index contributed by atoms with van der Waals surface area (Å²) in [4.78, 5) is 99.6. The second-order valence-corrected chi connectivity index (χ2v) is 12.0. The molecule has 0 spiro atoms. The third-order valence-electron chi connectivity index (χ3n) is 7.18. The highest BCUT2D eigenvalue weighted by atomic mass is 79.9. The molecular formula is C33H35BrN6O13. The maximum absolute atomic E-state index is 12.7. The van der Waals surface area contributed by atoms with E-state index >= 15 is 0 Å². The molecule has 3 aromatic rings. The Morgan fingerprint density at radius 3 is 1.81 bits per heavy atom. The van der Waals surface area contributed by atoms with E-state index in [0.29, 0.717) is 0 Å². The number of alkyl carbamates (subject to hydrolysis) is 2. The maximum Gasteiger partial charge on any atom is 0.407 e. The fourth-order valence-electron chi connectivity index (χ4n) is 4.58. The van der Waals surface area contributed by atoms with Crippen LogP contribution < -0.4 is 32.5 Å². The number of aromatic nitrogens is 2. The van der Waals surface area contributed by atoms with Crippen molar-refractivity contribution in [3.05, 3.63) is 103 Å². The summed E-state index contributed by atoms with van der Waals surface area (Å²) in [5.74, 6) is -3.27. The van der Waals surface area contributed by atoms with Gasteiger partial charge in [-0.3, -0.25) is 33.5 Å². The molecule has 19 nitrogen and oxygen atoms in total.